The van der Waals surface area contributed by atoms with Crippen molar-refractivity contribution >= 4 is 11.8 Å². The Kier molecular flexibility index (Phi) is 8.91. The van der Waals surface area contributed by atoms with Crippen molar-refractivity contribution < 1.29 is 14.9 Å². The van der Waals surface area contributed by atoms with Gasteiger partial charge in [0.2, 0.25) is 0 Å². The highest BCUT2D eigenvalue weighted by Gasteiger charge is 2.19. The average molecular weight is 355 g/mol. The molecule has 5 nitrogen and oxygen atoms in total. The maximum Gasteiger partial charge on any atom is 0.119 e. The lowest BCUT2D eigenvalue weighted by Crippen LogP contribution is -2.41. The third kappa shape index (κ3) is 7.40. The van der Waals surface area contributed by atoms with Crippen molar-refractivity contribution in [1.29, 1.82) is 0 Å². The third-order valence-corrected chi connectivity index (χ3v) is 4.79. The summed E-state index contributed by atoms with van der Waals surface area (Å²) in [6.07, 6.45) is 3.00. The molecule has 1 aromatic carbocycles. The number of benzene rings is 1. The van der Waals surface area contributed by atoms with Crippen LogP contribution < -0.4 is 10.1 Å². The molecule has 136 valence electrons. The van der Waals surface area contributed by atoms with Crippen LogP contribution in [0.15, 0.2) is 24.3 Å². The molecule has 3 N–H and O–H groups in total. The van der Waals surface area contributed by atoms with Crippen LogP contribution in [0.2, 0.25) is 0 Å². The molecule has 0 radical (unpaired) electrons. The van der Waals surface area contributed by atoms with Gasteiger partial charge >= 0.3 is 0 Å². The van der Waals surface area contributed by atoms with E-state index in [1.165, 1.54) is 5.56 Å². The predicted octanol–water partition coefficient (Wildman–Crippen LogP) is 1.34. The second-order valence-electron chi connectivity index (χ2n) is 6.31. The molecular weight excluding hydrogens is 324 g/mol. The number of thioether (sulfide) groups is 1. The zero-order valence-corrected chi connectivity index (χ0v) is 15.3. The number of aliphatic hydroxyl groups is 2. The fourth-order valence-corrected chi connectivity index (χ4v) is 3.15. The number of piperidine rings is 1. The van der Waals surface area contributed by atoms with Gasteiger partial charge in [0.05, 0.1) is 6.10 Å². The molecule has 1 unspecified atom stereocenters. The van der Waals surface area contributed by atoms with Crippen LogP contribution in [0, 0.1) is 0 Å². The SMILES string of the molecule is CSCCNCc1cccc(OCC(O)CN2CCC(O)CC2)c1. The first-order valence-electron chi connectivity index (χ1n) is 8.67. The summed E-state index contributed by atoms with van der Waals surface area (Å²) in [5.74, 6) is 1.91. The number of likely N-dealkylation sites (tertiary alicyclic amines) is 1. The molecule has 1 fully saturated rings. The largest absolute Gasteiger partial charge is 0.491 e. The minimum absolute atomic E-state index is 0.179. The number of hydrogen-bond donors (Lipinski definition) is 3. The van der Waals surface area contributed by atoms with E-state index in [0.717, 1.165) is 50.5 Å². The molecule has 1 aromatic rings. The summed E-state index contributed by atoms with van der Waals surface area (Å²) in [5, 5.41) is 23.1. The topological polar surface area (TPSA) is 65.0 Å². The first kappa shape index (κ1) is 19.5. The smallest absolute Gasteiger partial charge is 0.119 e. The van der Waals surface area contributed by atoms with Gasteiger partial charge in [-0.2, -0.15) is 11.8 Å². The van der Waals surface area contributed by atoms with Gasteiger partial charge in [-0.25, -0.2) is 0 Å². The van der Waals surface area contributed by atoms with Gasteiger partial charge in [0.1, 0.15) is 18.5 Å². The molecule has 1 aliphatic rings. The van der Waals surface area contributed by atoms with Crippen LogP contribution in [0.1, 0.15) is 18.4 Å². The van der Waals surface area contributed by atoms with Crippen LogP contribution in [0.5, 0.6) is 5.75 Å². The number of rotatable bonds is 10. The van der Waals surface area contributed by atoms with Gasteiger partial charge in [-0.1, -0.05) is 12.1 Å². The summed E-state index contributed by atoms with van der Waals surface area (Å²) in [4.78, 5) is 2.19. The van der Waals surface area contributed by atoms with Crippen LogP contribution in [-0.2, 0) is 6.54 Å². The molecule has 1 atom stereocenters. The van der Waals surface area contributed by atoms with Crippen LogP contribution in [0.25, 0.3) is 0 Å². The molecule has 24 heavy (non-hydrogen) atoms. The number of ether oxygens (including phenoxy) is 1. The van der Waals surface area contributed by atoms with E-state index >= 15 is 0 Å². The highest BCUT2D eigenvalue weighted by atomic mass is 32.2. The maximum absolute atomic E-state index is 10.2. The Morgan fingerprint density at radius 2 is 2.17 bits per heavy atom. The van der Waals surface area contributed by atoms with Gasteiger partial charge in [0.15, 0.2) is 0 Å². The molecule has 0 bridgehead atoms. The van der Waals surface area contributed by atoms with Crippen molar-refractivity contribution in [2.24, 2.45) is 0 Å². The monoisotopic (exact) mass is 354 g/mol. The van der Waals surface area contributed by atoms with Crippen LogP contribution in [0.4, 0.5) is 0 Å². The summed E-state index contributed by atoms with van der Waals surface area (Å²) in [6.45, 7) is 4.40. The minimum Gasteiger partial charge on any atom is -0.491 e. The lowest BCUT2D eigenvalue weighted by Gasteiger charge is -2.30. The van der Waals surface area contributed by atoms with E-state index in [-0.39, 0.29) is 6.10 Å². The average Bonchev–Trinajstić information content (AvgIpc) is 2.59. The highest BCUT2D eigenvalue weighted by Crippen LogP contribution is 2.14. The van der Waals surface area contributed by atoms with Crippen LogP contribution in [0.3, 0.4) is 0 Å². The molecule has 0 aromatic heterocycles. The molecule has 1 heterocycles. The Morgan fingerprint density at radius 3 is 2.92 bits per heavy atom. The summed E-state index contributed by atoms with van der Waals surface area (Å²) in [7, 11) is 0. The third-order valence-electron chi connectivity index (χ3n) is 4.18. The molecule has 0 aliphatic carbocycles. The second-order valence-corrected chi connectivity index (χ2v) is 7.30. The lowest BCUT2D eigenvalue weighted by molar-refractivity contribution is 0.0337. The van der Waals surface area contributed by atoms with E-state index in [1.807, 2.05) is 30.0 Å². The van der Waals surface area contributed by atoms with E-state index in [2.05, 4.69) is 22.5 Å². The zero-order valence-electron chi connectivity index (χ0n) is 14.5. The summed E-state index contributed by atoms with van der Waals surface area (Å²) in [6, 6.07) is 8.01. The Bertz CT molecular complexity index is 467. The van der Waals surface area contributed by atoms with E-state index in [1.54, 1.807) is 0 Å². The van der Waals surface area contributed by atoms with Crippen molar-refractivity contribution in [3.63, 3.8) is 0 Å². The predicted molar refractivity (Wildman–Crippen MR) is 99.7 cm³/mol. The van der Waals surface area contributed by atoms with Crippen LogP contribution >= 0.6 is 11.8 Å². The minimum atomic E-state index is -0.511. The van der Waals surface area contributed by atoms with Crippen LogP contribution in [-0.4, -0.2) is 72.1 Å². The Labute approximate surface area is 149 Å². The standard InChI is InChI=1S/C18H30N2O3S/c1-24-10-7-19-12-15-3-2-4-18(11-15)23-14-17(22)13-20-8-5-16(21)6-9-20/h2-4,11,16-17,19,21-22H,5-10,12-14H2,1H3. The molecule has 2 rings (SSSR count). The van der Waals surface area contributed by atoms with E-state index in [0.29, 0.717) is 13.2 Å². The molecule has 1 aliphatic heterocycles. The van der Waals surface area contributed by atoms with Crippen molar-refractivity contribution in [1.82, 2.24) is 10.2 Å². The fraction of sp³-hybridized carbons (Fsp3) is 0.667. The molecule has 6 heteroatoms. The van der Waals surface area contributed by atoms with Gasteiger partial charge in [-0.15, -0.1) is 0 Å². The fourth-order valence-electron chi connectivity index (χ4n) is 2.80. The van der Waals surface area contributed by atoms with Gasteiger partial charge in [0, 0.05) is 38.5 Å². The molecule has 1 saturated heterocycles. The van der Waals surface area contributed by atoms with Crippen molar-refractivity contribution in [2.45, 2.75) is 31.6 Å². The molecular formula is C18H30N2O3S. The Hall–Kier alpha value is -0.790. The number of aliphatic hydroxyl groups excluding tert-OH is 2. The molecule has 0 spiro atoms. The maximum atomic E-state index is 10.2. The summed E-state index contributed by atoms with van der Waals surface area (Å²) in [5.41, 5.74) is 1.19. The van der Waals surface area contributed by atoms with Gasteiger partial charge < -0.3 is 25.2 Å². The van der Waals surface area contributed by atoms with Crippen molar-refractivity contribution in [3.05, 3.63) is 29.8 Å². The van der Waals surface area contributed by atoms with Gasteiger partial charge in [-0.05, 0) is 36.8 Å². The van der Waals surface area contributed by atoms with E-state index in [9.17, 15) is 10.2 Å². The molecule has 0 saturated carbocycles. The first-order chi connectivity index (χ1) is 11.7. The summed E-state index contributed by atoms with van der Waals surface area (Å²) >= 11 is 1.83. The number of nitrogens with one attached hydrogen (secondary N) is 1. The Morgan fingerprint density at radius 1 is 1.38 bits per heavy atom. The van der Waals surface area contributed by atoms with Gasteiger partial charge in [0.25, 0.3) is 0 Å². The second kappa shape index (κ2) is 10.9. The van der Waals surface area contributed by atoms with E-state index in [4.69, 9.17) is 4.74 Å². The van der Waals surface area contributed by atoms with Gasteiger partial charge in [-0.3, -0.25) is 0 Å². The number of nitrogens with zero attached hydrogens (tertiary/aromatic N) is 1. The van der Waals surface area contributed by atoms with Crippen molar-refractivity contribution in [3.8, 4) is 5.75 Å². The summed E-state index contributed by atoms with van der Waals surface area (Å²) < 4.78 is 5.74. The van der Waals surface area contributed by atoms with Crippen molar-refractivity contribution in [2.75, 3.05) is 44.8 Å². The normalized spacial score (nSPS) is 17.8. The lowest BCUT2D eigenvalue weighted by atomic mass is 10.1. The van der Waals surface area contributed by atoms with E-state index < -0.39 is 6.10 Å². The number of hydrogen-bond acceptors (Lipinski definition) is 6. The first-order valence-corrected chi connectivity index (χ1v) is 10.1. The zero-order chi connectivity index (χ0) is 17.2. The molecule has 0 amide bonds. The Balaban J connectivity index is 1.69. The highest BCUT2D eigenvalue weighted by molar-refractivity contribution is 7.98. The number of β-amino-alcohol motifs (C(OH)–C–C–N with tert-alkyl or cyclic N) is 1. The quantitative estimate of drug-likeness (QED) is 0.551.